The van der Waals surface area contributed by atoms with Crippen LogP contribution in [0.3, 0.4) is 0 Å². The van der Waals surface area contributed by atoms with E-state index >= 15 is 0 Å². The van der Waals surface area contributed by atoms with Crippen LogP contribution in [0.1, 0.15) is 22.3 Å². The Morgan fingerprint density at radius 2 is 1.93 bits per heavy atom. The van der Waals surface area contributed by atoms with Crippen molar-refractivity contribution in [2.45, 2.75) is 24.5 Å². The number of nitrogens with one attached hydrogen (secondary N) is 1. The van der Waals surface area contributed by atoms with Crippen LogP contribution in [0.4, 0.5) is 5.69 Å². The van der Waals surface area contributed by atoms with Gasteiger partial charge in [0, 0.05) is 23.3 Å². The number of amides is 2. The number of likely N-dealkylation sites (N-methyl/N-ethyl adjacent to an activating group) is 1. The number of nitroso groups, excluding NO2 is 1. The summed E-state index contributed by atoms with van der Waals surface area (Å²) >= 11 is 0. The molecule has 0 unspecified atom stereocenters. The van der Waals surface area contributed by atoms with Gasteiger partial charge in [0.2, 0.25) is 11.7 Å². The lowest BCUT2D eigenvalue weighted by atomic mass is 9.58. The fraction of sp³-hybridized carbons (Fsp3) is 0.321. The van der Waals surface area contributed by atoms with E-state index in [4.69, 9.17) is 5.73 Å². The molecule has 5 rings (SSSR count). The summed E-state index contributed by atoms with van der Waals surface area (Å²) in [6, 6.07) is 5.29. The van der Waals surface area contributed by atoms with Crippen molar-refractivity contribution in [3.63, 3.8) is 0 Å². The Bertz CT molecular complexity index is 1630. The van der Waals surface area contributed by atoms with Crippen LogP contribution < -0.4 is 11.1 Å². The number of aliphatic hydroxyl groups is 3. The quantitative estimate of drug-likeness (QED) is 0.160. The van der Waals surface area contributed by atoms with Gasteiger partial charge < -0.3 is 31.5 Å². The molecule has 0 fully saturated rings. The van der Waals surface area contributed by atoms with Crippen LogP contribution >= 0.6 is 0 Å². The average molecular weight is 578 g/mol. The van der Waals surface area contributed by atoms with Crippen molar-refractivity contribution in [1.82, 2.24) is 9.88 Å². The lowest BCUT2D eigenvalue weighted by Crippen LogP contribution is -2.63. The van der Waals surface area contributed by atoms with E-state index in [9.17, 15) is 44.5 Å². The van der Waals surface area contributed by atoms with E-state index in [2.05, 4.69) is 15.5 Å². The van der Waals surface area contributed by atoms with E-state index in [1.807, 2.05) is 0 Å². The zero-order valence-electron chi connectivity index (χ0n) is 22.5. The number of rotatable bonds is 6. The molecule has 0 saturated heterocycles. The predicted octanol–water partition coefficient (Wildman–Crippen LogP) is 0.888. The van der Waals surface area contributed by atoms with E-state index in [1.54, 1.807) is 32.3 Å². The summed E-state index contributed by atoms with van der Waals surface area (Å²) in [5.41, 5.74) is 1.86. The van der Waals surface area contributed by atoms with Crippen LogP contribution in [0.5, 0.6) is 5.75 Å². The summed E-state index contributed by atoms with van der Waals surface area (Å²) in [6.45, 7) is -0.760. The zero-order valence-corrected chi connectivity index (χ0v) is 22.5. The Hall–Kier alpha value is -4.95. The number of primary amides is 1. The first kappa shape index (κ1) is 28.6. The van der Waals surface area contributed by atoms with E-state index in [1.165, 1.54) is 17.2 Å². The highest BCUT2D eigenvalue weighted by molar-refractivity contribution is 6.25. The van der Waals surface area contributed by atoms with Crippen molar-refractivity contribution < 1.29 is 39.6 Å². The molecule has 0 bridgehead atoms. The molecule has 4 atom stereocenters. The molecule has 2 aromatic rings. The maximum atomic E-state index is 14.1. The number of aromatic nitrogens is 1. The highest BCUT2D eigenvalue weighted by atomic mass is 16.3. The normalized spacial score (nSPS) is 25.1. The van der Waals surface area contributed by atoms with E-state index in [0.29, 0.717) is 16.8 Å². The molecular weight excluding hydrogens is 550 g/mol. The number of ketones is 2. The number of allylic oxidation sites excluding steroid dienone is 1. The van der Waals surface area contributed by atoms with E-state index in [0.717, 1.165) is 0 Å². The second kappa shape index (κ2) is 10.2. The Balaban J connectivity index is 1.75. The molecule has 2 amide bonds. The topological polar surface area (TPSA) is 233 Å². The first-order valence-electron chi connectivity index (χ1n) is 12.9. The Morgan fingerprint density at radius 1 is 1.21 bits per heavy atom. The number of aliphatic hydroxyl groups excluding tert-OH is 2. The van der Waals surface area contributed by atoms with Crippen LogP contribution in [0, 0.1) is 16.7 Å². The maximum Gasteiger partial charge on any atom is 0.255 e. The molecule has 0 aliphatic heterocycles. The molecule has 3 aliphatic rings. The molecule has 1 aromatic carbocycles. The van der Waals surface area contributed by atoms with Gasteiger partial charge in [-0.25, -0.2) is 0 Å². The van der Waals surface area contributed by atoms with E-state index < -0.39 is 76.2 Å². The lowest BCUT2D eigenvalue weighted by Gasteiger charge is -2.50. The third kappa shape index (κ3) is 4.06. The number of hydrogen-bond donors (Lipinski definition) is 6. The summed E-state index contributed by atoms with van der Waals surface area (Å²) in [5, 5.41) is 50.2. The maximum absolute atomic E-state index is 14.1. The molecule has 14 nitrogen and oxygen atoms in total. The van der Waals surface area contributed by atoms with Crippen LogP contribution in [-0.4, -0.2) is 86.0 Å². The van der Waals surface area contributed by atoms with Crippen molar-refractivity contribution in [3.8, 4) is 17.0 Å². The number of anilines is 1. The number of nitrogens with two attached hydrogens (primary N) is 1. The number of Topliss-reactive ketones (excluding diaryl/α,β-unsaturated/α-hetero) is 2. The van der Waals surface area contributed by atoms with E-state index in [-0.39, 0.29) is 29.7 Å². The SMILES string of the molecule is CN(C)[C@H]1C(O)=C(C(N)=O)C(=O)[C@@]2(O)C(O)=C3C(=O)c4c(O)c(NC(=O)CN=O)cc(-c5ccccn5)c4C[C@H]3C[C@@H]12. The van der Waals surface area contributed by atoms with Gasteiger partial charge in [-0.3, -0.25) is 29.1 Å². The Labute approximate surface area is 238 Å². The minimum Gasteiger partial charge on any atom is -0.510 e. The molecule has 0 radical (unpaired) electrons. The first-order chi connectivity index (χ1) is 19.8. The first-order valence-corrected chi connectivity index (χ1v) is 12.9. The summed E-state index contributed by atoms with van der Waals surface area (Å²) in [5.74, 6) is -8.78. The summed E-state index contributed by atoms with van der Waals surface area (Å²) in [7, 11) is 3.08. The lowest BCUT2D eigenvalue weighted by molar-refractivity contribution is -0.148. The van der Waals surface area contributed by atoms with Gasteiger partial charge in [-0.1, -0.05) is 11.2 Å². The Kier molecular flexibility index (Phi) is 6.91. The van der Waals surface area contributed by atoms with Crippen molar-refractivity contribution in [1.29, 1.82) is 0 Å². The number of phenolic OH excluding ortho intramolecular Hbond substituents is 1. The minimum atomic E-state index is -2.79. The molecule has 218 valence electrons. The zero-order chi connectivity index (χ0) is 30.7. The number of benzene rings is 1. The van der Waals surface area contributed by atoms with Gasteiger partial charge in [-0.15, -0.1) is 0 Å². The summed E-state index contributed by atoms with van der Waals surface area (Å²) in [4.78, 5) is 68.3. The Morgan fingerprint density at radius 3 is 2.52 bits per heavy atom. The van der Waals surface area contributed by atoms with Gasteiger partial charge in [0.1, 0.15) is 17.1 Å². The largest absolute Gasteiger partial charge is 0.510 e. The number of nitrogens with zero attached hydrogens (tertiary/aromatic N) is 3. The van der Waals surface area contributed by atoms with Gasteiger partial charge >= 0.3 is 0 Å². The number of aromatic hydroxyl groups is 1. The molecule has 0 spiro atoms. The number of fused-ring (bicyclic) bond motifs is 3. The molecule has 1 heterocycles. The number of phenols is 1. The van der Waals surface area contributed by atoms with Crippen molar-refractivity contribution in [2.75, 3.05) is 26.0 Å². The number of carbonyl (C=O) groups is 4. The number of carbonyl (C=O) groups excluding carboxylic acids is 4. The number of pyridine rings is 1. The molecule has 1 aromatic heterocycles. The molecule has 14 heteroatoms. The summed E-state index contributed by atoms with van der Waals surface area (Å²) in [6.07, 6.45) is 1.45. The molecule has 42 heavy (non-hydrogen) atoms. The van der Waals surface area contributed by atoms with Gasteiger partial charge in [-0.05, 0) is 56.6 Å². The fourth-order valence-electron chi connectivity index (χ4n) is 6.41. The highest BCUT2D eigenvalue weighted by Crippen LogP contribution is 2.53. The second-order valence-corrected chi connectivity index (χ2v) is 10.7. The van der Waals surface area contributed by atoms with Crippen molar-refractivity contribution >= 4 is 29.1 Å². The van der Waals surface area contributed by atoms with Gasteiger partial charge in [0.05, 0.1) is 23.0 Å². The molecule has 3 aliphatic carbocycles. The number of hydrogen-bond acceptors (Lipinski definition) is 12. The van der Waals surface area contributed by atoms with Gasteiger partial charge in [0.25, 0.3) is 5.91 Å². The monoisotopic (exact) mass is 577 g/mol. The second-order valence-electron chi connectivity index (χ2n) is 10.7. The molecule has 0 saturated carbocycles. The van der Waals surface area contributed by atoms with Crippen LogP contribution in [0.2, 0.25) is 0 Å². The predicted molar refractivity (Wildman–Crippen MR) is 146 cm³/mol. The van der Waals surface area contributed by atoms with Gasteiger partial charge in [0.15, 0.2) is 23.7 Å². The minimum absolute atomic E-state index is 0.0259. The van der Waals surface area contributed by atoms with Gasteiger partial charge in [-0.2, -0.15) is 4.91 Å². The van der Waals surface area contributed by atoms with Crippen LogP contribution in [-0.2, 0) is 20.8 Å². The molecular formula is C28H27N5O9. The molecule has 7 N–H and O–H groups in total. The summed E-state index contributed by atoms with van der Waals surface area (Å²) < 4.78 is 0. The van der Waals surface area contributed by atoms with Crippen LogP contribution in [0.15, 0.2) is 58.3 Å². The third-order valence-electron chi connectivity index (χ3n) is 8.15. The average Bonchev–Trinajstić information content (AvgIpc) is 2.92. The van der Waals surface area contributed by atoms with Crippen LogP contribution in [0.25, 0.3) is 11.3 Å². The van der Waals surface area contributed by atoms with Crippen molar-refractivity contribution in [2.24, 2.45) is 22.7 Å². The smallest absolute Gasteiger partial charge is 0.255 e. The fourth-order valence-corrected chi connectivity index (χ4v) is 6.41. The third-order valence-corrected chi connectivity index (χ3v) is 8.15. The van der Waals surface area contributed by atoms with Crippen molar-refractivity contribution in [3.05, 3.63) is 69.2 Å². The highest BCUT2D eigenvalue weighted by Gasteiger charge is 2.63. The standard InChI is InChI=1S/C28H27N5O9/c1-33(2)21-14-8-11-7-13-12(15-5-3-4-6-30-15)9-16(32-17(34)10-31-42)22(35)19(13)23(36)18(11)25(38)28(14,41)26(39)20(24(21)37)27(29)40/h3-6,9,11,14,21,35,37-38,41H,7-8,10H2,1-2H3,(H2,29,40)(H,32,34)/t11-,14-,21+,28-/m0/s1.